The number of amides is 2. The molecule has 5 N–H and O–H groups in total. The van der Waals surface area contributed by atoms with Crippen LogP contribution in [0.2, 0.25) is 0 Å². The minimum Gasteiger partial charge on any atom is -0.467 e. The predicted molar refractivity (Wildman–Crippen MR) is 60.9 cm³/mol. The maximum atomic E-state index is 10.7. The number of nitrogens with zero attached hydrogens (tertiary/aromatic N) is 1. The van der Waals surface area contributed by atoms with Crippen LogP contribution < -0.4 is 41.0 Å². The molecule has 0 atom stereocenters. The molecule has 0 saturated carbocycles. The van der Waals surface area contributed by atoms with Gasteiger partial charge in [-0.05, 0) is 18.5 Å². The van der Waals surface area contributed by atoms with E-state index in [-0.39, 0.29) is 40.7 Å². The Hall–Kier alpha value is -1.63. The van der Waals surface area contributed by atoms with E-state index in [9.17, 15) is 9.59 Å². The van der Waals surface area contributed by atoms with Crippen LogP contribution in [0.4, 0.5) is 0 Å². The first-order valence-electron chi connectivity index (χ1n) is 4.67. The van der Waals surface area contributed by atoms with Crippen molar-refractivity contribution in [2.24, 2.45) is 11.5 Å². The molecule has 0 aliphatic heterocycles. The van der Waals surface area contributed by atoms with E-state index in [1.807, 2.05) is 0 Å². The molecule has 18 heavy (non-hydrogen) atoms. The Morgan fingerprint density at radius 1 is 1.11 bits per heavy atom. The zero-order valence-electron chi connectivity index (χ0n) is 9.88. The van der Waals surface area contributed by atoms with Crippen LogP contribution in [0.25, 0.3) is 0 Å². The minimum atomic E-state index is -0.649. The van der Waals surface area contributed by atoms with Crippen LogP contribution in [0.3, 0.4) is 0 Å². The van der Waals surface area contributed by atoms with E-state index in [0.29, 0.717) is 0 Å². The van der Waals surface area contributed by atoms with Crippen LogP contribution in [0, 0.1) is 6.33 Å². The number of nitrogens with two attached hydrogens (primary N) is 2. The monoisotopic (exact) mass is 254 g/mol. The number of H-pyrrole nitrogens is 1. The number of primary amides is 2. The number of benzene rings is 1. The van der Waals surface area contributed by atoms with E-state index >= 15 is 0 Å². The quantitative estimate of drug-likeness (QED) is 0.394. The third-order valence-corrected chi connectivity index (χ3v) is 1.82. The zero-order valence-corrected chi connectivity index (χ0v) is 11.9. The first kappa shape index (κ1) is 16.4. The summed E-state index contributed by atoms with van der Waals surface area (Å²) in [4.78, 5) is 27.6. The molecule has 1 heterocycles. The van der Waals surface area contributed by atoms with Gasteiger partial charge < -0.3 is 21.4 Å². The number of hydrogen-bond donors (Lipinski definition) is 3. The maximum Gasteiger partial charge on any atom is 1.00 e. The molecule has 2 aromatic rings. The summed E-state index contributed by atoms with van der Waals surface area (Å²) in [7, 11) is 0. The average molecular weight is 254 g/mol. The molecule has 0 bridgehead atoms. The summed E-state index contributed by atoms with van der Waals surface area (Å²) in [6.45, 7) is 0. The predicted octanol–water partition coefficient (Wildman–Crippen LogP) is -2.90. The Bertz CT molecular complexity index is 449. The molecular formula is C11H11N4NaO2. The van der Waals surface area contributed by atoms with Crippen LogP contribution in [-0.4, -0.2) is 21.8 Å². The molecule has 0 radical (unpaired) electrons. The molecule has 0 unspecified atom stereocenters. The molecule has 2 amide bonds. The second-order valence-corrected chi connectivity index (χ2v) is 2.98. The van der Waals surface area contributed by atoms with Gasteiger partial charge in [0.2, 0.25) is 11.8 Å². The van der Waals surface area contributed by atoms with Gasteiger partial charge in [-0.25, -0.2) is 0 Å². The average Bonchev–Trinajstić information content (AvgIpc) is 2.87. The Kier molecular flexibility index (Phi) is 7.69. The van der Waals surface area contributed by atoms with Crippen molar-refractivity contribution in [3.8, 4) is 0 Å². The van der Waals surface area contributed by atoms with Crippen LogP contribution in [-0.2, 0) is 0 Å². The topological polar surface area (TPSA) is 115 Å². The number of carbonyl (C=O) groups is 2. The summed E-state index contributed by atoms with van der Waals surface area (Å²) < 4.78 is 0. The van der Waals surface area contributed by atoms with Gasteiger partial charge >= 0.3 is 29.6 Å². The molecule has 88 valence electrons. The van der Waals surface area contributed by atoms with Gasteiger partial charge in [-0.15, -0.1) is 12.4 Å². The van der Waals surface area contributed by atoms with E-state index in [2.05, 4.69) is 16.3 Å². The molecule has 2 rings (SSSR count). The maximum absolute atomic E-state index is 10.7. The van der Waals surface area contributed by atoms with Crippen molar-refractivity contribution in [2.75, 3.05) is 0 Å². The normalized spacial score (nSPS) is 8.44. The van der Waals surface area contributed by atoms with Gasteiger partial charge in [0, 0.05) is 0 Å². The van der Waals surface area contributed by atoms with E-state index in [1.54, 1.807) is 24.5 Å². The number of nitrogens with one attached hydrogen (secondary N) is 1. The summed E-state index contributed by atoms with van der Waals surface area (Å²) in [5.74, 6) is -1.30. The van der Waals surface area contributed by atoms with Gasteiger partial charge in [0.05, 0.1) is 11.1 Å². The second-order valence-electron chi connectivity index (χ2n) is 2.98. The minimum absolute atomic E-state index is 0. The van der Waals surface area contributed by atoms with E-state index < -0.39 is 11.8 Å². The van der Waals surface area contributed by atoms with Crippen LogP contribution in [0.15, 0.2) is 36.7 Å². The molecular weight excluding hydrogens is 243 g/mol. The Balaban J connectivity index is 0.000000405. The van der Waals surface area contributed by atoms with Gasteiger partial charge in [-0.2, -0.15) is 0 Å². The van der Waals surface area contributed by atoms with Crippen molar-refractivity contribution in [3.05, 3.63) is 54.1 Å². The summed E-state index contributed by atoms with van der Waals surface area (Å²) in [6, 6.07) is 6.16. The molecule has 6 nitrogen and oxygen atoms in total. The number of aromatic nitrogens is 2. The summed E-state index contributed by atoms with van der Waals surface area (Å²) >= 11 is 0. The van der Waals surface area contributed by atoms with Gasteiger partial charge in [-0.3, -0.25) is 9.59 Å². The molecule has 1 aromatic heterocycles. The number of hydrogen-bond acceptors (Lipinski definition) is 3. The van der Waals surface area contributed by atoms with Gasteiger partial charge in [0.15, 0.2) is 0 Å². The van der Waals surface area contributed by atoms with Crippen molar-refractivity contribution >= 4 is 11.8 Å². The number of rotatable bonds is 2. The van der Waals surface area contributed by atoms with Gasteiger partial charge in [0.25, 0.3) is 0 Å². The van der Waals surface area contributed by atoms with Crippen LogP contribution >= 0.6 is 0 Å². The molecule has 1 aromatic carbocycles. The molecule has 7 heteroatoms. The molecule has 0 aliphatic carbocycles. The SMILES string of the molecule is NC(=O)c1ccccc1C(N)=O.[Na+].[c-]1ncc[nH]1. The molecule has 0 saturated heterocycles. The standard InChI is InChI=1S/C8H8N2O2.C3H3N2.Na/c9-7(11)5-3-1-2-4-6(5)8(10)12;1-2-5-3-4-1;/h1-4H,(H2,9,11)(H2,10,12);1-2H,(H,4,5);/q;-1;+1. The largest absolute Gasteiger partial charge is 1.00 e. The zero-order chi connectivity index (χ0) is 12.7. The third-order valence-electron chi connectivity index (χ3n) is 1.82. The summed E-state index contributed by atoms with van der Waals surface area (Å²) in [5.41, 5.74) is 10.3. The Morgan fingerprint density at radius 3 is 1.83 bits per heavy atom. The van der Waals surface area contributed by atoms with Crippen LogP contribution in [0.5, 0.6) is 0 Å². The smallest absolute Gasteiger partial charge is 0.467 e. The van der Waals surface area contributed by atoms with Crippen molar-refractivity contribution in [3.63, 3.8) is 0 Å². The molecule has 0 fully saturated rings. The third kappa shape index (κ3) is 5.13. The summed E-state index contributed by atoms with van der Waals surface area (Å²) in [6.07, 6.45) is 5.83. The number of aromatic amines is 1. The fourth-order valence-electron chi connectivity index (χ4n) is 1.10. The fraction of sp³-hybridized carbons (Fsp3) is 0. The van der Waals surface area contributed by atoms with Crippen molar-refractivity contribution in [2.45, 2.75) is 0 Å². The van der Waals surface area contributed by atoms with Crippen molar-refractivity contribution in [1.82, 2.24) is 9.97 Å². The van der Waals surface area contributed by atoms with Crippen molar-refractivity contribution < 1.29 is 39.1 Å². The second kappa shape index (κ2) is 8.46. The molecule has 0 spiro atoms. The Labute approximate surface area is 126 Å². The van der Waals surface area contributed by atoms with Crippen molar-refractivity contribution in [1.29, 1.82) is 0 Å². The van der Waals surface area contributed by atoms with E-state index in [4.69, 9.17) is 11.5 Å². The van der Waals surface area contributed by atoms with Gasteiger partial charge in [-0.1, -0.05) is 12.1 Å². The van der Waals surface area contributed by atoms with E-state index in [1.165, 1.54) is 12.1 Å². The Morgan fingerprint density at radius 2 is 1.61 bits per heavy atom. The molecule has 0 aliphatic rings. The van der Waals surface area contributed by atoms with E-state index in [0.717, 1.165) is 0 Å². The van der Waals surface area contributed by atoms with Gasteiger partial charge in [0.1, 0.15) is 0 Å². The number of imidazole rings is 1. The first-order chi connectivity index (χ1) is 8.13. The first-order valence-corrected chi connectivity index (χ1v) is 4.67. The fourth-order valence-corrected chi connectivity index (χ4v) is 1.10. The van der Waals surface area contributed by atoms with Crippen LogP contribution in [0.1, 0.15) is 20.7 Å². The number of carbonyl (C=O) groups excluding carboxylic acids is 2. The summed E-state index contributed by atoms with van der Waals surface area (Å²) in [5, 5.41) is 0.